The molecule has 0 aliphatic carbocycles. The highest BCUT2D eigenvalue weighted by molar-refractivity contribution is 5.88. The Kier molecular flexibility index (Phi) is 3.28. The fraction of sp³-hybridized carbons (Fsp3) is 0.0588. The van der Waals surface area contributed by atoms with Crippen molar-refractivity contribution in [3.63, 3.8) is 0 Å². The Morgan fingerprint density at radius 2 is 1.90 bits per heavy atom. The lowest BCUT2D eigenvalue weighted by atomic mass is 10.1. The average molecular weight is 279 g/mol. The second kappa shape index (κ2) is 5.25. The van der Waals surface area contributed by atoms with Crippen molar-refractivity contribution < 1.29 is 14.3 Å². The summed E-state index contributed by atoms with van der Waals surface area (Å²) in [5, 5.41) is 8.84. The lowest BCUT2D eigenvalue weighted by Gasteiger charge is -1.95. The zero-order valence-corrected chi connectivity index (χ0v) is 11.4. The number of carbonyl (C=O) groups is 1. The van der Waals surface area contributed by atoms with Gasteiger partial charge in [-0.25, -0.2) is 9.78 Å². The van der Waals surface area contributed by atoms with Crippen LogP contribution >= 0.6 is 0 Å². The molecule has 2 aromatic carbocycles. The van der Waals surface area contributed by atoms with E-state index in [2.05, 4.69) is 4.98 Å². The molecule has 0 aliphatic heterocycles. The van der Waals surface area contributed by atoms with Crippen LogP contribution in [0.25, 0.3) is 23.3 Å². The van der Waals surface area contributed by atoms with Crippen LogP contribution in [0.2, 0.25) is 0 Å². The fourth-order valence-corrected chi connectivity index (χ4v) is 2.03. The smallest absolute Gasteiger partial charge is 0.335 e. The van der Waals surface area contributed by atoms with Gasteiger partial charge in [-0.1, -0.05) is 18.2 Å². The zero-order chi connectivity index (χ0) is 14.8. The number of nitrogens with zero attached hydrogens (tertiary/aromatic N) is 1. The van der Waals surface area contributed by atoms with E-state index < -0.39 is 5.97 Å². The van der Waals surface area contributed by atoms with Gasteiger partial charge in [0.2, 0.25) is 5.89 Å². The molecule has 4 heteroatoms. The zero-order valence-electron chi connectivity index (χ0n) is 11.4. The van der Waals surface area contributed by atoms with Gasteiger partial charge < -0.3 is 9.52 Å². The minimum absolute atomic E-state index is 0.268. The summed E-state index contributed by atoms with van der Waals surface area (Å²) in [6.45, 7) is 2.01. The van der Waals surface area contributed by atoms with E-state index in [4.69, 9.17) is 9.52 Å². The maximum atomic E-state index is 10.8. The normalized spacial score (nSPS) is 11.3. The second-order valence-electron chi connectivity index (χ2n) is 4.78. The van der Waals surface area contributed by atoms with Crippen LogP contribution in [0.1, 0.15) is 27.4 Å². The van der Waals surface area contributed by atoms with E-state index in [0.717, 1.165) is 22.2 Å². The average Bonchev–Trinajstić information content (AvgIpc) is 2.87. The van der Waals surface area contributed by atoms with Crippen LogP contribution in [-0.4, -0.2) is 16.1 Å². The van der Waals surface area contributed by atoms with Crippen LogP contribution in [0.15, 0.2) is 46.9 Å². The van der Waals surface area contributed by atoms with Gasteiger partial charge in [0.1, 0.15) is 5.52 Å². The molecule has 0 atom stereocenters. The summed E-state index contributed by atoms with van der Waals surface area (Å²) >= 11 is 0. The first-order valence-corrected chi connectivity index (χ1v) is 6.50. The van der Waals surface area contributed by atoms with E-state index in [-0.39, 0.29) is 5.56 Å². The highest BCUT2D eigenvalue weighted by Gasteiger charge is 2.03. The number of carboxylic acid groups (broad SMARTS) is 1. The van der Waals surface area contributed by atoms with Gasteiger partial charge in [-0.3, -0.25) is 0 Å². The number of aromatic carboxylic acids is 1. The van der Waals surface area contributed by atoms with Gasteiger partial charge in [-0.05, 0) is 48.4 Å². The number of hydrogen-bond acceptors (Lipinski definition) is 3. The highest BCUT2D eigenvalue weighted by Crippen LogP contribution is 2.18. The molecule has 0 saturated heterocycles. The Labute approximate surface area is 121 Å². The summed E-state index contributed by atoms with van der Waals surface area (Å²) in [5.74, 6) is -0.405. The number of benzene rings is 2. The van der Waals surface area contributed by atoms with Gasteiger partial charge in [0.25, 0.3) is 0 Å². The molecule has 0 saturated carbocycles. The molecule has 0 aliphatic rings. The van der Waals surface area contributed by atoms with Crippen molar-refractivity contribution in [1.29, 1.82) is 0 Å². The monoisotopic (exact) mass is 279 g/mol. The van der Waals surface area contributed by atoms with Gasteiger partial charge >= 0.3 is 5.97 Å². The predicted molar refractivity (Wildman–Crippen MR) is 81.1 cm³/mol. The molecule has 0 bridgehead atoms. The number of carboxylic acids is 1. The first kappa shape index (κ1) is 13.1. The van der Waals surface area contributed by atoms with Crippen LogP contribution in [-0.2, 0) is 0 Å². The van der Waals surface area contributed by atoms with Gasteiger partial charge in [0.05, 0.1) is 5.56 Å². The van der Waals surface area contributed by atoms with Crippen LogP contribution in [0.3, 0.4) is 0 Å². The van der Waals surface area contributed by atoms with Crippen molar-refractivity contribution in [2.75, 3.05) is 0 Å². The van der Waals surface area contributed by atoms with Crippen LogP contribution < -0.4 is 0 Å². The van der Waals surface area contributed by atoms with Crippen molar-refractivity contribution in [3.8, 4) is 0 Å². The quantitative estimate of drug-likeness (QED) is 0.787. The minimum Gasteiger partial charge on any atom is -0.478 e. The summed E-state index contributed by atoms with van der Waals surface area (Å²) < 4.78 is 5.61. The number of hydrogen-bond donors (Lipinski definition) is 1. The molecule has 21 heavy (non-hydrogen) atoms. The molecule has 0 fully saturated rings. The van der Waals surface area contributed by atoms with Crippen LogP contribution in [0.5, 0.6) is 0 Å². The van der Waals surface area contributed by atoms with Gasteiger partial charge in [0, 0.05) is 6.08 Å². The predicted octanol–water partition coefficient (Wildman–Crippen LogP) is 4.00. The van der Waals surface area contributed by atoms with E-state index in [1.807, 2.05) is 31.2 Å². The van der Waals surface area contributed by atoms with Crippen molar-refractivity contribution in [1.82, 2.24) is 4.98 Å². The third kappa shape index (κ3) is 2.84. The summed E-state index contributed by atoms with van der Waals surface area (Å²) in [6, 6.07) is 12.5. The summed E-state index contributed by atoms with van der Waals surface area (Å²) in [4.78, 5) is 15.2. The molecule has 3 aromatic rings. The molecular weight excluding hydrogens is 266 g/mol. The number of oxazole rings is 1. The van der Waals surface area contributed by atoms with Crippen molar-refractivity contribution in [3.05, 3.63) is 65.0 Å². The largest absolute Gasteiger partial charge is 0.478 e. The fourth-order valence-electron chi connectivity index (χ4n) is 2.03. The van der Waals surface area contributed by atoms with E-state index in [0.29, 0.717) is 5.89 Å². The Bertz CT molecular complexity index is 829. The third-order valence-electron chi connectivity index (χ3n) is 3.14. The van der Waals surface area contributed by atoms with Gasteiger partial charge in [0.15, 0.2) is 5.58 Å². The van der Waals surface area contributed by atoms with E-state index in [9.17, 15) is 4.79 Å². The van der Waals surface area contributed by atoms with Gasteiger partial charge in [-0.2, -0.15) is 0 Å². The summed E-state index contributed by atoms with van der Waals surface area (Å²) in [7, 11) is 0. The molecule has 0 spiro atoms. The van der Waals surface area contributed by atoms with Crippen LogP contribution in [0.4, 0.5) is 0 Å². The van der Waals surface area contributed by atoms with Crippen LogP contribution in [0, 0.1) is 6.92 Å². The number of rotatable bonds is 3. The van der Waals surface area contributed by atoms with Crippen molar-refractivity contribution >= 4 is 29.2 Å². The topological polar surface area (TPSA) is 63.3 Å². The lowest BCUT2D eigenvalue weighted by Crippen LogP contribution is -1.94. The van der Waals surface area contributed by atoms with E-state index in [1.54, 1.807) is 30.3 Å². The molecule has 0 amide bonds. The number of aryl methyl sites for hydroxylation is 1. The SMILES string of the molecule is Cc1ccc2oc(/C=C/c3ccc(C(=O)O)cc3)nc2c1. The Morgan fingerprint density at radius 1 is 1.14 bits per heavy atom. The number of aromatic nitrogens is 1. The highest BCUT2D eigenvalue weighted by atomic mass is 16.4. The third-order valence-corrected chi connectivity index (χ3v) is 3.14. The molecule has 0 radical (unpaired) electrons. The maximum absolute atomic E-state index is 10.8. The molecule has 0 unspecified atom stereocenters. The first-order chi connectivity index (χ1) is 10.1. The van der Waals surface area contributed by atoms with Crippen molar-refractivity contribution in [2.45, 2.75) is 6.92 Å². The lowest BCUT2D eigenvalue weighted by molar-refractivity contribution is 0.0697. The van der Waals surface area contributed by atoms with E-state index >= 15 is 0 Å². The summed E-state index contributed by atoms with van der Waals surface area (Å²) in [5.41, 5.74) is 3.87. The number of fused-ring (bicyclic) bond motifs is 1. The second-order valence-corrected chi connectivity index (χ2v) is 4.78. The molecule has 1 N–H and O–H groups in total. The van der Waals surface area contributed by atoms with E-state index in [1.165, 1.54) is 0 Å². The molecule has 4 nitrogen and oxygen atoms in total. The maximum Gasteiger partial charge on any atom is 0.335 e. The standard InChI is InChI=1S/C17H13NO3/c1-11-2-8-15-14(10-11)18-16(21-15)9-5-12-3-6-13(7-4-12)17(19)20/h2-10H,1H3,(H,19,20)/b9-5+. The molecule has 104 valence electrons. The molecule has 1 aromatic heterocycles. The molecule has 1 heterocycles. The van der Waals surface area contributed by atoms with Gasteiger partial charge in [-0.15, -0.1) is 0 Å². The van der Waals surface area contributed by atoms with Crippen molar-refractivity contribution in [2.24, 2.45) is 0 Å². The Morgan fingerprint density at radius 3 is 2.62 bits per heavy atom. The molecule has 3 rings (SSSR count). The minimum atomic E-state index is -0.931. The Balaban J connectivity index is 1.85. The molecular formula is C17H13NO3. The Hall–Kier alpha value is -2.88. The first-order valence-electron chi connectivity index (χ1n) is 6.50. The summed E-state index contributed by atoms with van der Waals surface area (Å²) in [6.07, 6.45) is 3.61.